The molecule has 4 heteroatoms. The fraction of sp³-hybridized carbons (Fsp3) is 0.176. The molecule has 0 aliphatic rings. The molecule has 0 unspecified atom stereocenters. The van der Waals surface area contributed by atoms with Crippen molar-refractivity contribution < 1.29 is 9.47 Å². The van der Waals surface area contributed by atoms with Crippen molar-refractivity contribution in [3.63, 3.8) is 0 Å². The van der Waals surface area contributed by atoms with Gasteiger partial charge in [-0.3, -0.25) is 0 Å². The third kappa shape index (κ3) is 2.52. The summed E-state index contributed by atoms with van der Waals surface area (Å²) < 4.78 is 10.8. The van der Waals surface area contributed by atoms with Crippen molar-refractivity contribution in [2.24, 2.45) is 0 Å². The normalized spacial score (nSPS) is 10.6. The van der Waals surface area contributed by atoms with Crippen molar-refractivity contribution in [2.45, 2.75) is 6.42 Å². The minimum atomic E-state index is 0.648. The molecule has 0 atom stereocenters. The van der Waals surface area contributed by atoms with Gasteiger partial charge in [-0.25, -0.2) is 0 Å². The van der Waals surface area contributed by atoms with Crippen LogP contribution in [0.5, 0.6) is 11.5 Å². The quantitative estimate of drug-likeness (QED) is 0.736. The number of fused-ring (bicyclic) bond motifs is 1. The van der Waals surface area contributed by atoms with E-state index in [-0.39, 0.29) is 0 Å². The summed E-state index contributed by atoms with van der Waals surface area (Å²) in [5.41, 5.74) is 1.96. The number of methoxy groups -OCH3 is 2. The van der Waals surface area contributed by atoms with Gasteiger partial charge < -0.3 is 9.47 Å². The van der Waals surface area contributed by atoms with Gasteiger partial charge in [0.2, 0.25) is 0 Å². The topological polar surface area (TPSA) is 44.2 Å². The number of hydrogen-bond donors (Lipinski definition) is 0. The van der Waals surface area contributed by atoms with Gasteiger partial charge >= 0.3 is 0 Å². The van der Waals surface area contributed by atoms with Gasteiger partial charge in [0.05, 0.1) is 26.1 Å². The summed E-state index contributed by atoms with van der Waals surface area (Å²) in [6.07, 6.45) is 2.43. The zero-order chi connectivity index (χ0) is 14.7. The van der Waals surface area contributed by atoms with Crippen molar-refractivity contribution in [1.82, 2.24) is 10.2 Å². The van der Waals surface area contributed by atoms with Crippen molar-refractivity contribution in [3.8, 4) is 11.5 Å². The Hall–Kier alpha value is -2.62. The molecule has 21 heavy (non-hydrogen) atoms. The Labute approximate surface area is 123 Å². The Bertz CT molecular complexity index is 766. The smallest absolute Gasteiger partial charge is 0.164 e. The van der Waals surface area contributed by atoms with E-state index in [4.69, 9.17) is 9.47 Å². The lowest BCUT2D eigenvalue weighted by Crippen LogP contribution is -2.00. The number of benzene rings is 2. The standard InChI is InChI=1S/C17H16N2O2/c1-20-16-9-5-7-12(17(16)21-2)10-15-14-8-4-3-6-13(14)11-18-19-15/h3-9,11H,10H2,1-2H3. The summed E-state index contributed by atoms with van der Waals surface area (Å²) in [7, 11) is 3.29. The van der Waals surface area contributed by atoms with Crippen LogP contribution in [0.1, 0.15) is 11.3 Å². The Kier molecular flexibility index (Phi) is 3.69. The van der Waals surface area contributed by atoms with Gasteiger partial charge in [-0.1, -0.05) is 36.4 Å². The first-order valence-electron chi connectivity index (χ1n) is 6.72. The molecule has 3 aromatic rings. The van der Waals surface area contributed by atoms with Gasteiger partial charge in [0.15, 0.2) is 11.5 Å². The molecule has 0 bridgehead atoms. The van der Waals surface area contributed by atoms with Crippen LogP contribution in [0, 0.1) is 0 Å². The first-order chi connectivity index (χ1) is 10.3. The van der Waals surface area contributed by atoms with Gasteiger partial charge in [-0.2, -0.15) is 10.2 Å². The summed E-state index contributed by atoms with van der Waals surface area (Å²) in [6, 6.07) is 14.0. The number of para-hydroxylation sites is 1. The Morgan fingerprint density at radius 1 is 0.952 bits per heavy atom. The second-order valence-electron chi connectivity index (χ2n) is 4.71. The fourth-order valence-electron chi connectivity index (χ4n) is 2.49. The molecule has 1 heterocycles. The van der Waals surface area contributed by atoms with E-state index in [1.54, 1.807) is 20.4 Å². The van der Waals surface area contributed by atoms with E-state index in [9.17, 15) is 0 Å². The van der Waals surface area contributed by atoms with Crippen LogP contribution in [0.3, 0.4) is 0 Å². The molecule has 1 aromatic heterocycles. The van der Waals surface area contributed by atoms with Gasteiger partial charge in [-0.05, 0) is 6.07 Å². The molecule has 0 radical (unpaired) electrons. The average Bonchev–Trinajstić information content (AvgIpc) is 2.55. The molecular formula is C17H16N2O2. The predicted octanol–water partition coefficient (Wildman–Crippen LogP) is 3.24. The lowest BCUT2D eigenvalue weighted by Gasteiger charge is -2.12. The number of hydrogen-bond acceptors (Lipinski definition) is 4. The molecule has 0 aliphatic carbocycles. The van der Waals surface area contributed by atoms with Crippen LogP contribution in [0.2, 0.25) is 0 Å². The second-order valence-corrected chi connectivity index (χ2v) is 4.71. The first-order valence-corrected chi connectivity index (χ1v) is 6.72. The number of ether oxygens (including phenoxy) is 2. The Balaban J connectivity index is 2.07. The highest BCUT2D eigenvalue weighted by Gasteiger charge is 2.12. The van der Waals surface area contributed by atoms with Crippen molar-refractivity contribution in [3.05, 3.63) is 59.9 Å². The van der Waals surface area contributed by atoms with E-state index in [2.05, 4.69) is 16.3 Å². The predicted molar refractivity (Wildman–Crippen MR) is 81.9 cm³/mol. The van der Waals surface area contributed by atoms with Gasteiger partial charge in [0.25, 0.3) is 0 Å². The van der Waals surface area contributed by atoms with Crippen LogP contribution in [0.4, 0.5) is 0 Å². The van der Waals surface area contributed by atoms with E-state index < -0.39 is 0 Å². The van der Waals surface area contributed by atoms with Gasteiger partial charge in [0, 0.05) is 22.8 Å². The number of aromatic nitrogens is 2. The zero-order valence-electron chi connectivity index (χ0n) is 12.0. The van der Waals surface area contributed by atoms with Crippen molar-refractivity contribution >= 4 is 10.8 Å². The molecular weight excluding hydrogens is 264 g/mol. The van der Waals surface area contributed by atoms with Crippen LogP contribution < -0.4 is 9.47 Å². The monoisotopic (exact) mass is 280 g/mol. The summed E-state index contributed by atoms with van der Waals surface area (Å²) in [4.78, 5) is 0. The summed E-state index contributed by atoms with van der Waals surface area (Å²) in [5.74, 6) is 1.47. The molecule has 2 aromatic carbocycles. The van der Waals surface area contributed by atoms with Gasteiger partial charge in [-0.15, -0.1) is 0 Å². The van der Waals surface area contributed by atoms with Gasteiger partial charge in [0.1, 0.15) is 0 Å². The molecule has 0 saturated heterocycles. The lowest BCUT2D eigenvalue weighted by atomic mass is 10.0. The maximum absolute atomic E-state index is 5.48. The maximum atomic E-state index is 5.48. The van der Waals surface area contributed by atoms with E-state index in [1.807, 2.05) is 36.4 Å². The zero-order valence-corrected chi connectivity index (χ0v) is 12.0. The highest BCUT2D eigenvalue weighted by molar-refractivity contribution is 5.83. The highest BCUT2D eigenvalue weighted by atomic mass is 16.5. The average molecular weight is 280 g/mol. The number of nitrogens with zero attached hydrogens (tertiary/aromatic N) is 2. The SMILES string of the molecule is COc1cccc(Cc2nncc3ccccc23)c1OC. The van der Waals surface area contributed by atoms with Crippen molar-refractivity contribution in [2.75, 3.05) is 14.2 Å². The Morgan fingerprint density at radius 3 is 2.62 bits per heavy atom. The second kappa shape index (κ2) is 5.79. The van der Waals surface area contributed by atoms with E-state index in [0.29, 0.717) is 6.42 Å². The molecule has 0 saturated carbocycles. The first kappa shape index (κ1) is 13.4. The third-order valence-electron chi connectivity index (χ3n) is 3.49. The lowest BCUT2D eigenvalue weighted by molar-refractivity contribution is 0.352. The molecule has 0 spiro atoms. The molecule has 3 rings (SSSR count). The molecule has 0 fully saturated rings. The molecule has 0 amide bonds. The minimum absolute atomic E-state index is 0.648. The number of rotatable bonds is 4. The Morgan fingerprint density at radius 2 is 1.81 bits per heavy atom. The van der Waals surface area contributed by atoms with Crippen LogP contribution in [0.15, 0.2) is 48.7 Å². The fourth-order valence-corrected chi connectivity index (χ4v) is 2.49. The van der Waals surface area contributed by atoms with E-state index >= 15 is 0 Å². The molecule has 0 N–H and O–H groups in total. The van der Waals surface area contributed by atoms with Crippen LogP contribution in [-0.2, 0) is 6.42 Å². The summed E-state index contributed by atoms with van der Waals surface area (Å²) >= 11 is 0. The van der Waals surface area contributed by atoms with E-state index in [0.717, 1.165) is 33.5 Å². The summed E-state index contributed by atoms with van der Waals surface area (Å²) in [6.45, 7) is 0. The van der Waals surface area contributed by atoms with Crippen LogP contribution in [0.25, 0.3) is 10.8 Å². The molecule has 0 aliphatic heterocycles. The molecule has 4 nitrogen and oxygen atoms in total. The summed E-state index contributed by atoms with van der Waals surface area (Å²) in [5, 5.41) is 10.6. The van der Waals surface area contributed by atoms with E-state index in [1.165, 1.54) is 0 Å². The largest absolute Gasteiger partial charge is 0.493 e. The van der Waals surface area contributed by atoms with Crippen molar-refractivity contribution in [1.29, 1.82) is 0 Å². The minimum Gasteiger partial charge on any atom is -0.493 e. The van der Waals surface area contributed by atoms with Crippen LogP contribution in [-0.4, -0.2) is 24.4 Å². The molecule has 106 valence electrons. The highest BCUT2D eigenvalue weighted by Crippen LogP contribution is 2.32. The third-order valence-corrected chi connectivity index (χ3v) is 3.49. The van der Waals surface area contributed by atoms with Crippen LogP contribution >= 0.6 is 0 Å². The maximum Gasteiger partial charge on any atom is 0.164 e.